The van der Waals surface area contributed by atoms with Gasteiger partial charge < -0.3 is 10.5 Å². The highest BCUT2D eigenvalue weighted by Gasteiger charge is 2.44. The third kappa shape index (κ3) is 1.17. The van der Waals surface area contributed by atoms with Crippen molar-refractivity contribution in [1.29, 1.82) is 0 Å². The Morgan fingerprint density at radius 3 is 2.67 bits per heavy atom. The zero-order chi connectivity index (χ0) is 8.72. The highest BCUT2D eigenvalue weighted by Crippen LogP contribution is 2.40. The lowest BCUT2D eigenvalue weighted by molar-refractivity contribution is 0.0216. The van der Waals surface area contributed by atoms with Gasteiger partial charge in [-0.1, -0.05) is 6.92 Å². The molecule has 1 saturated heterocycles. The summed E-state index contributed by atoms with van der Waals surface area (Å²) in [5, 5.41) is 0. The minimum absolute atomic E-state index is 0.392. The molecule has 0 aromatic heterocycles. The van der Waals surface area contributed by atoms with Crippen LogP contribution in [0, 0.1) is 11.8 Å². The van der Waals surface area contributed by atoms with Crippen molar-refractivity contribution in [2.75, 3.05) is 0 Å². The molecule has 2 heteroatoms. The fourth-order valence-electron chi connectivity index (χ4n) is 2.82. The predicted molar refractivity (Wildman–Crippen MR) is 48.8 cm³/mol. The lowest BCUT2D eigenvalue weighted by Crippen LogP contribution is -2.41. The Kier molecular flexibility index (Phi) is 2.13. The number of fused-ring (bicyclic) bond motifs is 1. The molecule has 0 radical (unpaired) electrons. The molecule has 0 bridgehead atoms. The summed E-state index contributed by atoms with van der Waals surface area (Å²) in [6, 6.07) is 0.392. The van der Waals surface area contributed by atoms with Crippen molar-refractivity contribution in [2.24, 2.45) is 17.6 Å². The van der Waals surface area contributed by atoms with Gasteiger partial charge in [0.25, 0.3) is 0 Å². The van der Waals surface area contributed by atoms with Gasteiger partial charge in [-0.2, -0.15) is 0 Å². The summed E-state index contributed by atoms with van der Waals surface area (Å²) in [6.07, 6.45) is 4.57. The van der Waals surface area contributed by atoms with Crippen LogP contribution in [0.4, 0.5) is 0 Å². The van der Waals surface area contributed by atoms with Crippen LogP contribution in [0.2, 0.25) is 0 Å². The van der Waals surface area contributed by atoms with Gasteiger partial charge in [0, 0.05) is 12.0 Å². The number of hydrogen-bond donors (Lipinski definition) is 1. The zero-order valence-electron chi connectivity index (χ0n) is 7.99. The van der Waals surface area contributed by atoms with Gasteiger partial charge in [0.05, 0.1) is 12.2 Å². The Bertz CT molecular complexity index is 171. The van der Waals surface area contributed by atoms with E-state index in [1.807, 2.05) is 0 Å². The Balaban J connectivity index is 2.12. The topological polar surface area (TPSA) is 35.2 Å². The highest BCUT2D eigenvalue weighted by atomic mass is 16.5. The first-order chi connectivity index (χ1) is 5.70. The Labute approximate surface area is 74.5 Å². The number of nitrogens with two attached hydrogens (primary N) is 1. The summed E-state index contributed by atoms with van der Waals surface area (Å²) in [6.45, 7) is 4.45. The molecule has 1 aliphatic heterocycles. The molecule has 0 aromatic rings. The fraction of sp³-hybridized carbons (Fsp3) is 1.00. The average molecular weight is 169 g/mol. The monoisotopic (exact) mass is 169 g/mol. The molecule has 2 rings (SSSR count). The van der Waals surface area contributed by atoms with Crippen molar-refractivity contribution in [3.05, 3.63) is 0 Å². The Hall–Kier alpha value is -0.0800. The summed E-state index contributed by atoms with van der Waals surface area (Å²) in [5.74, 6) is 1.29. The van der Waals surface area contributed by atoms with Crippen LogP contribution >= 0.6 is 0 Å². The van der Waals surface area contributed by atoms with Crippen LogP contribution in [-0.2, 0) is 4.74 Å². The van der Waals surface area contributed by atoms with E-state index in [1.165, 1.54) is 19.3 Å². The molecule has 1 saturated carbocycles. The van der Waals surface area contributed by atoms with Gasteiger partial charge in [-0.3, -0.25) is 0 Å². The standard InChI is InChI=1S/C10H19NO/c1-6-7(2)12-9-5-3-4-8(11)10(6)9/h6-10H,3-5,11H2,1-2H3/t6-,7-,8-,9+,10+/m0/s1. The lowest BCUT2D eigenvalue weighted by atomic mass is 9.76. The van der Waals surface area contributed by atoms with Crippen LogP contribution in [0.25, 0.3) is 0 Å². The third-order valence-electron chi connectivity index (χ3n) is 3.69. The molecule has 5 atom stereocenters. The molecule has 0 amide bonds. The van der Waals surface area contributed by atoms with Crippen LogP contribution in [0.1, 0.15) is 33.1 Å². The summed E-state index contributed by atoms with van der Waals surface area (Å²) in [4.78, 5) is 0. The molecule has 2 fully saturated rings. The smallest absolute Gasteiger partial charge is 0.0625 e. The average Bonchev–Trinajstić information content (AvgIpc) is 2.29. The summed E-state index contributed by atoms with van der Waals surface area (Å²) in [7, 11) is 0. The summed E-state index contributed by atoms with van der Waals surface area (Å²) < 4.78 is 5.87. The zero-order valence-corrected chi connectivity index (χ0v) is 7.99. The lowest BCUT2D eigenvalue weighted by Gasteiger charge is -2.31. The second-order valence-corrected chi connectivity index (χ2v) is 4.41. The molecule has 1 heterocycles. The summed E-state index contributed by atoms with van der Waals surface area (Å²) in [5.41, 5.74) is 6.09. The highest BCUT2D eigenvalue weighted by molar-refractivity contribution is 4.94. The van der Waals surface area contributed by atoms with Gasteiger partial charge in [0.2, 0.25) is 0 Å². The van der Waals surface area contributed by atoms with Crippen molar-refractivity contribution in [3.63, 3.8) is 0 Å². The predicted octanol–water partition coefficient (Wildman–Crippen LogP) is 1.54. The van der Waals surface area contributed by atoms with Crippen molar-refractivity contribution >= 4 is 0 Å². The SMILES string of the molecule is C[C@@H]1[C@@H]2[C@@H](N)CCC[C@H]2O[C@H]1C. The van der Waals surface area contributed by atoms with E-state index in [0.717, 1.165) is 0 Å². The molecule has 12 heavy (non-hydrogen) atoms. The second kappa shape index (κ2) is 3.00. The van der Waals surface area contributed by atoms with E-state index in [0.29, 0.717) is 30.1 Å². The largest absolute Gasteiger partial charge is 0.375 e. The quantitative estimate of drug-likeness (QED) is 0.597. The molecule has 70 valence electrons. The van der Waals surface area contributed by atoms with E-state index in [-0.39, 0.29) is 0 Å². The first-order valence-electron chi connectivity index (χ1n) is 5.11. The molecular formula is C10H19NO. The van der Waals surface area contributed by atoms with Gasteiger partial charge in [-0.15, -0.1) is 0 Å². The van der Waals surface area contributed by atoms with Crippen LogP contribution < -0.4 is 5.73 Å². The van der Waals surface area contributed by atoms with E-state index < -0.39 is 0 Å². The molecule has 2 nitrogen and oxygen atoms in total. The third-order valence-corrected chi connectivity index (χ3v) is 3.69. The molecule has 0 spiro atoms. The molecule has 0 unspecified atom stereocenters. The van der Waals surface area contributed by atoms with Crippen LogP contribution in [0.15, 0.2) is 0 Å². The first-order valence-corrected chi connectivity index (χ1v) is 5.11. The van der Waals surface area contributed by atoms with Gasteiger partial charge in [0.1, 0.15) is 0 Å². The summed E-state index contributed by atoms with van der Waals surface area (Å²) >= 11 is 0. The van der Waals surface area contributed by atoms with Crippen LogP contribution in [0.5, 0.6) is 0 Å². The van der Waals surface area contributed by atoms with Gasteiger partial charge in [-0.05, 0) is 32.1 Å². The molecule has 2 aliphatic rings. The number of ether oxygens (including phenoxy) is 1. The van der Waals surface area contributed by atoms with Crippen LogP contribution in [0.3, 0.4) is 0 Å². The maximum Gasteiger partial charge on any atom is 0.0625 e. The Morgan fingerprint density at radius 2 is 2.00 bits per heavy atom. The molecule has 1 aliphatic carbocycles. The van der Waals surface area contributed by atoms with E-state index in [9.17, 15) is 0 Å². The molecule has 2 N–H and O–H groups in total. The van der Waals surface area contributed by atoms with Crippen molar-refractivity contribution < 1.29 is 4.74 Å². The maximum absolute atomic E-state index is 6.09. The van der Waals surface area contributed by atoms with Gasteiger partial charge >= 0.3 is 0 Å². The van der Waals surface area contributed by atoms with Crippen molar-refractivity contribution in [2.45, 2.75) is 51.4 Å². The van der Waals surface area contributed by atoms with Crippen LogP contribution in [-0.4, -0.2) is 18.2 Å². The minimum Gasteiger partial charge on any atom is -0.375 e. The van der Waals surface area contributed by atoms with Crippen molar-refractivity contribution in [3.8, 4) is 0 Å². The number of rotatable bonds is 0. The van der Waals surface area contributed by atoms with Gasteiger partial charge in [-0.25, -0.2) is 0 Å². The Morgan fingerprint density at radius 1 is 1.25 bits per heavy atom. The number of hydrogen-bond acceptors (Lipinski definition) is 2. The van der Waals surface area contributed by atoms with E-state index >= 15 is 0 Å². The van der Waals surface area contributed by atoms with Crippen molar-refractivity contribution in [1.82, 2.24) is 0 Å². The van der Waals surface area contributed by atoms with E-state index in [1.54, 1.807) is 0 Å². The second-order valence-electron chi connectivity index (χ2n) is 4.41. The molecular weight excluding hydrogens is 150 g/mol. The maximum atomic E-state index is 6.09. The normalized spacial score (nSPS) is 53.8. The van der Waals surface area contributed by atoms with Gasteiger partial charge in [0.15, 0.2) is 0 Å². The van der Waals surface area contributed by atoms with E-state index in [4.69, 9.17) is 10.5 Å². The first kappa shape index (κ1) is 8.52. The van der Waals surface area contributed by atoms with E-state index in [2.05, 4.69) is 13.8 Å². The molecule has 0 aromatic carbocycles. The fourth-order valence-corrected chi connectivity index (χ4v) is 2.82. The minimum atomic E-state index is 0.392.